The molecule has 1 aromatic rings. The summed E-state index contributed by atoms with van der Waals surface area (Å²) in [6, 6.07) is 6.54. The Labute approximate surface area is 139 Å². The average molecular weight is 332 g/mol. The molecule has 1 atom stereocenters. The van der Waals surface area contributed by atoms with Crippen molar-refractivity contribution < 1.29 is 19.1 Å². The highest BCUT2D eigenvalue weighted by Crippen LogP contribution is 2.13. The van der Waals surface area contributed by atoms with E-state index in [1.54, 1.807) is 31.2 Å². The molecule has 0 saturated heterocycles. The van der Waals surface area contributed by atoms with E-state index in [4.69, 9.17) is 4.74 Å². The van der Waals surface area contributed by atoms with Crippen LogP contribution in [0.2, 0.25) is 0 Å². The van der Waals surface area contributed by atoms with Gasteiger partial charge in [0.25, 0.3) is 0 Å². The van der Waals surface area contributed by atoms with Crippen LogP contribution in [0.25, 0.3) is 0 Å². The molecule has 3 amide bonds. The lowest BCUT2D eigenvalue weighted by molar-refractivity contribution is -0.144. The molecule has 24 heavy (non-hydrogen) atoms. The van der Waals surface area contributed by atoms with Gasteiger partial charge in [0.05, 0.1) is 24.8 Å². The molecule has 0 bridgehead atoms. The summed E-state index contributed by atoms with van der Waals surface area (Å²) in [6.45, 7) is 3.86. The first-order valence-corrected chi connectivity index (χ1v) is 7.69. The number of hydrogen-bond donors (Lipinski definition) is 3. The summed E-state index contributed by atoms with van der Waals surface area (Å²) in [5.74, 6) is -0.644. The molecule has 1 aliphatic rings. The lowest BCUT2D eigenvalue weighted by atomic mass is 10.0. The van der Waals surface area contributed by atoms with Gasteiger partial charge in [-0.2, -0.15) is 5.10 Å². The molecule has 0 spiro atoms. The van der Waals surface area contributed by atoms with Crippen LogP contribution in [-0.2, 0) is 14.3 Å². The van der Waals surface area contributed by atoms with Gasteiger partial charge in [-0.25, -0.2) is 10.2 Å². The molecule has 1 aliphatic heterocycles. The molecule has 128 valence electrons. The van der Waals surface area contributed by atoms with Crippen LogP contribution >= 0.6 is 0 Å². The van der Waals surface area contributed by atoms with Crippen molar-refractivity contribution in [2.45, 2.75) is 32.7 Å². The van der Waals surface area contributed by atoms with E-state index in [9.17, 15) is 14.4 Å². The van der Waals surface area contributed by atoms with Crippen molar-refractivity contribution in [3.8, 4) is 0 Å². The Kier molecular flexibility index (Phi) is 5.89. The van der Waals surface area contributed by atoms with E-state index in [0.717, 1.165) is 5.56 Å². The van der Waals surface area contributed by atoms with E-state index >= 15 is 0 Å². The number of hydrogen-bond acceptors (Lipinski definition) is 5. The lowest BCUT2D eigenvalue weighted by Crippen LogP contribution is -2.48. The van der Waals surface area contributed by atoms with Crippen molar-refractivity contribution in [3.05, 3.63) is 29.8 Å². The van der Waals surface area contributed by atoms with Crippen LogP contribution in [0.15, 0.2) is 29.4 Å². The summed E-state index contributed by atoms with van der Waals surface area (Å²) in [4.78, 5) is 34.2. The largest absolute Gasteiger partial charge is 0.466 e. The number of carbonyl (C=O) groups excluding carboxylic acids is 3. The number of hydrazone groups is 1. The minimum absolute atomic E-state index is 0.0530. The number of benzene rings is 1. The molecular formula is C16H20N4O4. The first-order chi connectivity index (χ1) is 11.5. The van der Waals surface area contributed by atoms with Crippen LogP contribution in [-0.4, -0.2) is 36.3 Å². The Morgan fingerprint density at radius 3 is 2.58 bits per heavy atom. The molecule has 8 heteroatoms. The standard InChI is InChI=1S/C16H20N4O4/c1-3-24-14(22)9-8-13(21)18-12-6-4-11(5-7-12)15-10(2)17-16(23)20-19-15/h4-7,10H,3,8-9H2,1-2H3,(H,18,21)(H2,17,20,23). The van der Waals surface area contributed by atoms with Gasteiger partial charge in [0.2, 0.25) is 5.91 Å². The molecule has 1 heterocycles. The minimum atomic E-state index is -0.387. The molecule has 0 radical (unpaired) electrons. The summed E-state index contributed by atoms with van der Waals surface area (Å²) in [5.41, 5.74) is 4.53. The van der Waals surface area contributed by atoms with Crippen molar-refractivity contribution in [2.24, 2.45) is 5.10 Å². The molecule has 8 nitrogen and oxygen atoms in total. The molecule has 0 fully saturated rings. The van der Waals surface area contributed by atoms with E-state index in [1.165, 1.54) is 0 Å². The van der Waals surface area contributed by atoms with Gasteiger partial charge < -0.3 is 15.4 Å². The fourth-order valence-corrected chi connectivity index (χ4v) is 2.22. The molecule has 1 unspecified atom stereocenters. The third kappa shape index (κ3) is 4.80. The minimum Gasteiger partial charge on any atom is -0.466 e. The maximum Gasteiger partial charge on any atom is 0.335 e. The summed E-state index contributed by atoms with van der Waals surface area (Å²) >= 11 is 0. The number of nitrogens with zero attached hydrogens (tertiary/aromatic N) is 1. The summed E-state index contributed by atoms with van der Waals surface area (Å²) in [7, 11) is 0. The Balaban J connectivity index is 1.91. The van der Waals surface area contributed by atoms with Crippen molar-refractivity contribution in [2.75, 3.05) is 11.9 Å². The summed E-state index contributed by atoms with van der Waals surface area (Å²) in [6.07, 6.45) is 0.123. The van der Waals surface area contributed by atoms with Crippen molar-refractivity contribution in [3.63, 3.8) is 0 Å². The number of carbonyl (C=O) groups is 3. The van der Waals surface area contributed by atoms with E-state index in [-0.39, 0.29) is 36.8 Å². The SMILES string of the molecule is CCOC(=O)CCC(=O)Nc1ccc(C2=NNC(=O)NC2C)cc1. The lowest BCUT2D eigenvalue weighted by Gasteiger charge is -2.21. The number of nitrogens with one attached hydrogen (secondary N) is 3. The third-order valence-corrected chi connectivity index (χ3v) is 3.36. The topological polar surface area (TPSA) is 109 Å². The second kappa shape index (κ2) is 8.09. The molecule has 1 aromatic carbocycles. The molecule has 2 rings (SSSR count). The van der Waals surface area contributed by atoms with Crippen molar-refractivity contribution in [1.29, 1.82) is 0 Å². The van der Waals surface area contributed by atoms with Gasteiger partial charge in [0.1, 0.15) is 0 Å². The Bertz CT molecular complexity index is 655. The molecule has 3 N–H and O–H groups in total. The maximum absolute atomic E-state index is 11.8. The number of ether oxygens (including phenoxy) is 1. The molecular weight excluding hydrogens is 312 g/mol. The highest BCUT2D eigenvalue weighted by Gasteiger charge is 2.20. The number of rotatable bonds is 6. The second-order valence-corrected chi connectivity index (χ2v) is 5.23. The number of esters is 1. The van der Waals surface area contributed by atoms with Gasteiger partial charge in [0, 0.05) is 17.7 Å². The van der Waals surface area contributed by atoms with Crippen LogP contribution in [0.3, 0.4) is 0 Å². The van der Waals surface area contributed by atoms with E-state index in [1.807, 2.05) is 6.92 Å². The smallest absolute Gasteiger partial charge is 0.335 e. The quantitative estimate of drug-likeness (QED) is 0.684. The average Bonchev–Trinajstić information content (AvgIpc) is 2.54. The van der Waals surface area contributed by atoms with Gasteiger partial charge in [-0.05, 0) is 26.0 Å². The van der Waals surface area contributed by atoms with Crippen molar-refractivity contribution in [1.82, 2.24) is 10.7 Å². The predicted molar refractivity (Wildman–Crippen MR) is 88.6 cm³/mol. The van der Waals surface area contributed by atoms with Crippen LogP contribution < -0.4 is 16.1 Å². The first kappa shape index (κ1) is 17.5. The van der Waals surface area contributed by atoms with Gasteiger partial charge >= 0.3 is 12.0 Å². The van der Waals surface area contributed by atoms with Gasteiger partial charge in [0.15, 0.2) is 0 Å². The van der Waals surface area contributed by atoms with Gasteiger partial charge in [-0.3, -0.25) is 9.59 Å². The fourth-order valence-electron chi connectivity index (χ4n) is 2.22. The monoisotopic (exact) mass is 332 g/mol. The summed E-state index contributed by atoms with van der Waals surface area (Å²) in [5, 5.41) is 9.47. The molecule has 0 saturated carbocycles. The predicted octanol–water partition coefficient (Wildman–Crippen LogP) is 1.37. The molecule has 0 aliphatic carbocycles. The highest BCUT2D eigenvalue weighted by molar-refractivity contribution is 6.07. The normalized spacial score (nSPS) is 16.5. The summed E-state index contributed by atoms with van der Waals surface area (Å²) < 4.78 is 4.78. The van der Waals surface area contributed by atoms with Gasteiger partial charge in [-0.1, -0.05) is 12.1 Å². The van der Waals surface area contributed by atoms with Gasteiger partial charge in [-0.15, -0.1) is 0 Å². The van der Waals surface area contributed by atoms with Crippen LogP contribution in [0.1, 0.15) is 32.3 Å². The first-order valence-electron chi connectivity index (χ1n) is 7.69. The highest BCUT2D eigenvalue weighted by atomic mass is 16.5. The zero-order chi connectivity index (χ0) is 17.5. The maximum atomic E-state index is 11.8. The number of amides is 3. The van der Waals surface area contributed by atoms with Crippen LogP contribution in [0.5, 0.6) is 0 Å². The van der Waals surface area contributed by atoms with E-state index < -0.39 is 0 Å². The fraction of sp³-hybridized carbons (Fsp3) is 0.375. The molecule has 0 aromatic heterocycles. The third-order valence-electron chi connectivity index (χ3n) is 3.36. The Morgan fingerprint density at radius 1 is 1.25 bits per heavy atom. The van der Waals surface area contributed by atoms with Crippen LogP contribution in [0.4, 0.5) is 10.5 Å². The Morgan fingerprint density at radius 2 is 1.96 bits per heavy atom. The number of urea groups is 1. The van der Waals surface area contributed by atoms with Crippen LogP contribution in [0, 0.1) is 0 Å². The zero-order valence-corrected chi connectivity index (χ0v) is 13.6. The van der Waals surface area contributed by atoms with E-state index in [2.05, 4.69) is 21.2 Å². The zero-order valence-electron chi connectivity index (χ0n) is 13.6. The van der Waals surface area contributed by atoms with Crippen molar-refractivity contribution >= 4 is 29.3 Å². The Hall–Kier alpha value is -2.90. The van der Waals surface area contributed by atoms with E-state index in [0.29, 0.717) is 18.0 Å². The second-order valence-electron chi connectivity index (χ2n) is 5.23. The number of anilines is 1.